The largest absolute Gasteiger partial charge is 0.324 e. The lowest BCUT2D eigenvalue weighted by atomic mass is 10.1. The van der Waals surface area contributed by atoms with Crippen molar-refractivity contribution in [1.82, 2.24) is 0 Å². The van der Waals surface area contributed by atoms with E-state index in [4.69, 9.17) is 0 Å². The molecule has 0 aromatic carbocycles. The molecule has 0 aliphatic rings. The van der Waals surface area contributed by atoms with E-state index in [-0.39, 0.29) is 0 Å². The molecule has 0 heterocycles. The normalized spacial score (nSPS) is 15.1. The Balaban J connectivity index is 3.15. The summed E-state index contributed by atoms with van der Waals surface area (Å²) >= 11 is 0. The van der Waals surface area contributed by atoms with Gasteiger partial charge in [-0.3, -0.25) is 0 Å². The lowest BCUT2D eigenvalue weighted by Crippen LogP contribution is -1.91. The fourth-order valence-electron chi connectivity index (χ4n) is 1.74. The SMILES string of the molecule is CCCCCCCCCCP(C)(=O)CC. The van der Waals surface area contributed by atoms with E-state index in [1.54, 1.807) is 0 Å². The standard InChI is InChI=1S/C13H29OP/c1-4-6-7-8-9-10-11-12-13-15(3,14)5-2/h4-13H2,1-3H3. The Morgan fingerprint density at radius 1 is 0.800 bits per heavy atom. The third-order valence-corrected chi connectivity index (χ3v) is 5.75. The van der Waals surface area contributed by atoms with Crippen molar-refractivity contribution in [3.8, 4) is 0 Å². The molecule has 0 amide bonds. The molecule has 92 valence electrons. The van der Waals surface area contributed by atoms with Crippen molar-refractivity contribution in [1.29, 1.82) is 0 Å². The predicted octanol–water partition coefficient (Wildman–Crippen LogP) is 5.14. The van der Waals surface area contributed by atoms with Crippen molar-refractivity contribution in [2.75, 3.05) is 19.0 Å². The molecule has 0 aromatic rings. The van der Waals surface area contributed by atoms with Gasteiger partial charge >= 0.3 is 0 Å². The van der Waals surface area contributed by atoms with Crippen LogP contribution in [0.3, 0.4) is 0 Å². The van der Waals surface area contributed by atoms with E-state index < -0.39 is 7.14 Å². The van der Waals surface area contributed by atoms with Gasteiger partial charge in [0.2, 0.25) is 0 Å². The zero-order valence-corrected chi connectivity index (χ0v) is 11.8. The van der Waals surface area contributed by atoms with E-state index in [2.05, 4.69) is 6.92 Å². The van der Waals surface area contributed by atoms with Crippen molar-refractivity contribution < 1.29 is 4.57 Å². The van der Waals surface area contributed by atoms with E-state index in [1.807, 2.05) is 13.6 Å². The lowest BCUT2D eigenvalue weighted by molar-refractivity contribution is 0.567. The molecular weight excluding hydrogens is 203 g/mol. The van der Waals surface area contributed by atoms with Crippen molar-refractivity contribution in [2.45, 2.75) is 65.2 Å². The van der Waals surface area contributed by atoms with Crippen LogP contribution in [-0.2, 0) is 4.57 Å². The minimum atomic E-state index is -1.74. The Bertz CT molecular complexity index is 177. The molecule has 0 saturated heterocycles. The van der Waals surface area contributed by atoms with E-state index >= 15 is 0 Å². The molecular formula is C13H29OP. The van der Waals surface area contributed by atoms with Gasteiger partial charge in [0.15, 0.2) is 0 Å². The van der Waals surface area contributed by atoms with E-state index in [0.29, 0.717) is 0 Å². The summed E-state index contributed by atoms with van der Waals surface area (Å²) in [6.45, 7) is 6.25. The number of rotatable bonds is 10. The second-order valence-corrected chi connectivity index (χ2v) is 8.48. The average molecular weight is 232 g/mol. The molecule has 1 nitrogen and oxygen atoms in total. The molecule has 0 fully saturated rings. The minimum absolute atomic E-state index is 0.878. The molecule has 0 saturated carbocycles. The highest BCUT2D eigenvalue weighted by atomic mass is 31.2. The van der Waals surface area contributed by atoms with Gasteiger partial charge in [0.1, 0.15) is 0 Å². The summed E-state index contributed by atoms with van der Waals surface area (Å²) in [5.41, 5.74) is 0. The zero-order chi connectivity index (χ0) is 11.6. The molecule has 0 spiro atoms. The lowest BCUT2D eigenvalue weighted by Gasteiger charge is -2.09. The molecule has 1 atom stereocenters. The average Bonchev–Trinajstić information content (AvgIpc) is 2.22. The van der Waals surface area contributed by atoms with Crippen LogP contribution in [0.25, 0.3) is 0 Å². The maximum Gasteiger partial charge on any atom is 0.0845 e. The van der Waals surface area contributed by atoms with Crippen molar-refractivity contribution >= 4 is 7.14 Å². The van der Waals surface area contributed by atoms with Crippen molar-refractivity contribution in [3.63, 3.8) is 0 Å². The topological polar surface area (TPSA) is 17.1 Å². The van der Waals surface area contributed by atoms with Crippen LogP contribution in [-0.4, -0.2) is 19.0 Å². The Hall–Kier alpha value is 0.230. The molecule has 2 heteroatoms. The van der Waals surface area contributed by atoms with Gasteiger partial charge in [-0.1, -0.05) is 58.8 Å². The summed E-state index contributed by atoms with van der Waals surface area (Å²) in [6.07, 6.45) is 12.5. The highest BCUT2D eigenvalue weighted by Gasteiger charge is 2.10. The van der Waals surface area contributed by atoms with Crippen molar-refractivity contribution in [2.24, 2.45) is 0 Å². The van der Waals surface area contributed by atoms with Crippen LogP contribution in [0.5, 0.6) is 0 Å². The van der Waals surface area contributed by atoms with E-state index in [1.165, 1.54) is 51.4 Å². The van der Waals surface area contributed by atoms with Crippen LogP contribution in [0.2, 0.25) is 0 Å². The number of hydrogen-bond donors (Lipinski definition) is 0. The van der Waals surface area contributed by atoms with Crippen LogP contribution in [0.1, 0.15) is 65.2 Å². The Morgan fingerprint density at radius 2 is 1.27 bits per heavy atom. The Morgan fingerprint density at radius 3 is 1.73 bits per heavy atom. The van der Waals surface area contributed by atoms with E-state index in [0.717, 1.165) is 12.3 Å². The second-order valence-electron chi connectivity index (χ2n) is 4.81. The van der Waals surface area contributed by atoms with Crippen LogP contribution in [0, 0.1) is 0 Å². The molecule has 1 unspecified atom stereocenters. The summed E-state index contributed by atoms with van der Waals surface area (Å²) < 4.78 is 11.8. The molecule has 0 radical (unpaired) electrons. The third-order valence-electron chi connectivity index (χ3n) is 3.15. The Labute approximate surface area is 96.4 Å². The summed E-state index contributed by atoms with van der Waals surface area (Å²) in [6, 6.07) is 0. The summed E-state index contributed by atoms with van der Waals surface area (Å²) in [7, 11) is -1.74. The molecule has 0 aliphatic heterocycles. The van der Waals surface area contributed by atoms with Gasteiger partial charge in [-0.2, -0.15) is 0 Å². The van der Waals surface area contributed by atoms with Gasteiger partial charge in [-0.15, -0.1) is 0 Å². The first-order chi connectivity index (χ1) is 7.12. The first kappa shape index (κ1) is 15.2. The Kier molecular flexibility index (Phi) is 9.60. The van der Waals surface area contributed by atoms with Gasteiger partial charge in [-0.05, 0) is 19.2 Å². The predicted molar refractivity (Wildman–Crippen MR) is 71.5 cm³/mol. The quantitative estimate of drug-likeness (QED) is 0.376. The smallest absolute Gasteiger partial charge is 0.0845 e. The van der Waals surface area contributed by atoms with Gasteiger partial charge in [-0.25, -0.2) is 0 Å². The summed E-state index contributed by atoms with van der Waals surface area (Å²) in [4.78, 5) is 0. The maximum atomic E-state index is 11.8. The molecule has 0 bridgehead atoms. The molecule has 0 rings (SSSR count). The number of unbranched alkanes of at least 4 members (excludes halogenated alkanes) is 7. The molecule has 0 N–H and O–H groups in total. The first-order valence-corrected chi connectivity index (χ1v) is 9.20. The monoisotopic (exact) mass is 232 g/mol. The summed E-state index contributed by atoms with van der Waals surface area (Å²) in [5, 5.41) is 0. The highest BCUT2D eigenvalue weighted by Crippen LogP contribution is 2.41. The van der Waals surface area contributed by atoms with Crippen LogP contribution >= 0.6 is 7.14 Å². The van der Waals surface area contributed by atoms with E-state index in [9.17, 15) is 4.57 Å². The fraction of sp³-hybridized carbons (Fsp3) is 1.00. The minimum Gasteiger partial charge on any atom is -0.324 e. The van der Waals surface area contributed by atoms with Crippen LogP contribution in [0.4, 0.5) is 0 Å². The second kappa shape index (κ2) is 9.46. The molecule has 0 aliphatic carbocycles. The summed E-state index contributed by atoms with van der Waals surface area (Å²) in [5.74, 6) is 0. The van der Waals surface area contributed by atoms with Crippen molar-refractivity contribution in [3.05, 3.63) is 0 Å². The van der Waals surface area contributed by atoms with Gasteiger partial charge in [0.25, 0.3) is 0 Å². The fourth-order valence-corrected chi connectivity index (χ4v) is 2.95. The van der Waals surface area contributed by atoms with Crippen LogP contribution in [0.15, 0.2) is 0 Å². The third kappa shape index (κ3) is 10.5. The van der Waals surface area contributed by atoms with Gasteiger partial charge in [0, 0.05) is 6.16 Å². The van der Waals surface area contributed by atoms with Gasteiger partial charge < -0.3 is 4.57 Å². The number of hydrogen-bond acceptors (Lipinski definition) is 1. The maximum absolute atomic E-state index is 11.8. The zero-order valence-electron chi connectivity index (χ0n) is 10.9. The first-order valence-electron chi connectivity index (χ1n) is 6.68. The molecule has 0 aromatic heterocycles. The van der Waals surface area contributed by atoms with Crippen LogP contribution < -0.4 is 0 Å². The molecule has 15 heavy (non-hydrogen) atoms. The van der Waals surface area contributed by atoms with Gasteiger partial charge in [0.05, 0.1) is 7.14 Å². The highest BCUT2D eigenvalue weighted by molar-refractivity contribution is 7.63.